The lowest BCUT2D eigenvalue weighted by atomic mass is 10.2. The van der Waals surface area contributed by atoms with Crippen molar-refractivity contribution in [1.29, 1.82) is 0 Å². The highest BCUT2D eigenvalue weighted by molar-refractivity contribution is 9.09. The second-order valence-corrected chi connectivity index (χ2v) is 2.84. The van der Waals surface area contributed by atoms with Crippen molar-refractivity contribution in [2.75, 3.05) is 11.9 Å². The molecule has 0 radical (unpaired) electrons. The Labute approximate surface area is 73.9 Å². The summed E-state index contributed by atoms with van der Waals surface area (Å²) >= 11 is 2.99. The van der Waals surface area contributed by atoms with Crippen LogP contribution >= 0.6 is 15.9 Å². The van der Waals surface area contributed by atoms with Crippen LogP contribution in [-0.2, 0) is 4.74 Å². The third kappa shape index (κ3) is 5.57. The van der Waals surface area contributed by atoms with Gasteiger partial charge in [-0.25, -0.2) is 0 Å². The van der Waals surface area contributed by atoms with Crippen molar-refractivity contribution < 1.29 is 20.1 Å². The van der Waals surface area contributed by atoms with E-state index in [9.17, 15) is 0 Å². The molecule has 0 saturated heterocycles. The number of halogens is 1. The van der Waals surface area contributed by atoms with Crippen LogP contribution in [0.15, 0.2) is 0 Å². The third-order valence-electron chi connectivity index (χ3n) is 1.06. The summed E-state index contributed by atoms with van der Waals surface area (Å²) < 4.78 is 4.53. The minimum absolute atomic E-state index is 0.196. The molecule has 0 heterocycles. The topological polar surface area (TPSA) is 69.9 Å². The van der Waals surface area contributed by atoms with Gasteiger partial charge in [-0.15, -0.1) is 0 Å². The van der Waals surface area contributed by atoms with Crippen LogP contribution < -0.4 is 0 Å². The van der Waals surface area contributed by atoms with E-state index in [1.807, 2.05) is 0 Å². The number of hydrogen-bond acceptors (Lipinski definition) is 4. The first-order valence-corrected chi connectivity index (χ1v) is 4.46. The maximum absolute atomic E-state index is 8.97. The van der Waals surface area contributed by atoms with Gasteiger partial charge in [-0.2, -0.15) is 0 Å². The predicted molar refractivity (Wildman–Crippen MR) is 43.2 cm³/mol. The van der Waals surface area contributed by atoms with Gasteiger partial charge in [-0.3, -0.25) is 0 Å². The van der Waals surface area contributed by atoms with Crippen molar-refractivity contribution in [3.63, 3.8) is 0 Å². The average molecular weight is 229 g/mol. The zero-order valence-electron chi connectivity index (χ0n) is 6.33. The summed E-state index contributed by atoms with van der Waals surface area (Å²) in [6.07, 6.45) is -1.02. The molecule has 0 fully saturated rings. The van der Waals surface area contributed by atoms with Crippen LogP contribution in [0, 0.1) is 0 Å². The van der Waals surface area contributed by atoms with E-state index in [0.717, 1.165) is 0 Å². The first-order chi connectivity index (χ1) is 5.02. The Kier molecular flexibility index (Phi) is 5.20. The second kappa shape index (κ2) is 5.05. The Bertz CT molecular complexity index is 107. The molecule has 0 aromatic rings. The van der Waals surface area contributed by atoms with Gasteiger partial charge in [-0.1, -0.05) is 15.9 Å². The molecule has 0 unspecified atom stereocenters. The van der Waals surface area contributed by atoms with Crippen LogP contribution in [0.25, 0.3) is 0 Å². The Hall–Kier alpha value is 0.320. The number of aliphatic hydroxyl groups excluding tert-OH is 1. The van der Waals surface area contributed by atoms with E-state index >= 15 is 0 Å². The molecule has 0 aromatic carbocycles. The lowest BCUT2D eigenvalue weighted by molar-refractivity contribution is -0.344. The molecule has 1 atom stereocenters. The summed E-state index contributed by atoms with van der Waals surface area (Å²) in [5.74, 6) is -2.21. The summed E-state index contributed by atoms with van der Waals surface area (Å²) in [6, 6.07) is 0. The summed E-state index contributed by atoms with van der Waals surface area (Å²) in [6.45, 7) is 1.84. The fourth-order valence-corrected chi connectivity index (χ4v) is 0.881. The molecule has 0 aromatic heterocycles. The third-order valence-corrected chi connectivity index (χ3v) is 1.80. The largest absolute Gasteiger partial charge is 0.392 e. The van der Waals surface area contributed by atoms with Gasteiger partial charge in [0.2, 0.25) is 0 Å². The molecule has 0 aliphatic rings. The smallest absolute Gasteiger partial charge is 0.280 e. The van der Waals surface area contributed by atoms with Crippen LogP contribution in [0.3, 0.4) is 0 Å². The maximum atomic E-state index is 8.97. The van der Waals surface area contributed by atoms with E-state index in [-0.39, 0.29) is 13.0 Å². The summed E-state index contributed by atoms with van der Waals surface area (Å²) in [7, 11) is 0. The molecule has 68 valence electrons. The quantitative estimate of drug-likeness (QED) is 0.451. The SMILES string of the molecule is CCOC(O)(O)C[C@H](O)CBr. The zero-order chi connectivity index (χ0) is 8.91. The van der Waals surface area contributed by atoms with Gasteiger partial charge in [0.25, 0.3) is 5.97 Å². The summed E-state index contributed by atoms with van der Waals surface area (Å²) in [5, 5.41) is 27.2. The lowest BCUT2D eigenvalue weighted by Gasteiger charge is -2.22. The van der Waals surface area contributed by atoms with E-state index in [1.54, 1.807) is 6.92 Å². The second-order valence-electron chi connectivity index (χ2n) is 2.19. The van der Waals surface area contributed by atoms with E-state index in [4.69, 9.17) is 15.3 Å². The van der Waals surface area contributed by atoms with E-state index < -0.39 is 12.1 Å². The van der Waals surface area contributed by atoms with Gasteiger partial charge < -0.3 is 20.1 Å². The molecule has 0 rings (SSSR count). The van der Waals surface area contributed by atoms with E-state index in [1.165, 1.54) is 0 Å². The molecule has 4 nitrogen and oxygen atoms in total. The van der Waals surface area contributed by atoms with Crippen LogP contribution in [0.1, 0.15) is 13.3 Å². The van der Waals surface area contributed by atoms with Crippen molar-refractivity contribution in [1.82, 2.24) is 0 Å². The van der Waals surface area contributed by atoms with Crippen molar-refractivity contribution in [3.05, 3.63) is 0 Å². The minimum atomic E-state index is -2.21. The number of rotatable bonds is 5. The molecule has 3 N–H and O–H groups in total. The summed E-state index contributed by atoms with van der Waals surface area (Å²) in [5.41, 5.74) is 0. The molecule has 11 heavy (non-hydrogen) atoms. The van der Waals surface area contributed by atoms with Gasteiger partial charge in [0.1, 0.15) is 0 Å². The van der Waals surface area contributed by atoms with Crippen molar-refractivity contribution in [3.8, 4) is 0 Å². The molecule has 0 bridgehead atoms. The molecule has 0 aliphatic heterocycles. The van der Waals surface area contributed by atoms with Crippen molar-refractivity contribution in [2.45, 2.75) is 25.4 Å². The number of ether oxygens (including phenoxy) is 1. The monoisotopic (exact) mass is 228 g/mol. The Morgan fingerprint density at radius 1 is 1.55 bits per heavy atom. The highest BCUT2D eigenvalue weighted by Gasteiger charge is 2.26. The first kappa shape index (κ1) is 11.3. The average Bonchev–Trinajstić information content (AvgIpc) is 1.86. The van der Waals surface area contributed by atoms with E-state index in [2.05, 4.69) is 20.7 Å². The number of aliphatic hydroxyl groups is 3. The lowest BCUT2D eigenvalue weighted by Crippen LogP contribution is -2.36. The van der Waals surface area contributed by atoms with Gasteiger partial charge in [0.05, 0.1) is 12.5 Å². The van der Waals surface area contributed by atoms with Crippen LogP contribution in [0.5, 0.6) is 0 Å². The van der Waals surface area contributed by atoms with Crippen LogP contribution in [-0.4, -0.2) is 39.3 Å². The number of hydrogen-bond donors (Lipinski definition) is 3. The molecule has 0 saturated carbocycles. The molecule has 0 spiro atoms. The highest BCUT2D eigenvalue weighted by atomic mass is 79.9. The Morgan fingerprint density at radius 3 is 2.45 bits per heavy atom. The molecule has 0 aliphatic carbocycles. The van der Waals surface area contributed by atoms with Gasteiger partial charge in [0, 0.05) is 11.9 Å². The molecule has 5 heteroatoms. The van der Waals surface area contributed by atoms with Gasteiger partial charge in [-0.05, 0) is 6.92 Å². The van der Waals surface area contributed by atoms with Gasteiger partial charge in [0.15, 0.2) is 0 Å². The van der Waals surface area contributed by atoms with Crippen LogP contribution in [0.2, 0.25) is 0 Å². The zero-order valence-corrected chi connectivity index (χ0v) is 7.91. The van der Waals surface area contributed by atoms with Gasteiger partial charge >= 0.3 is 0 Å². The fourth-order valence-electron chi connectivity index (χ4n) is 0.652. The number of alkyl halides is 1. The molecular weight excluding hydrogens is 216 g/mol. The van der Waals surface area contributed by atoms with E-state index in [0.29, 0.717) is 5.33 Å². The standard InChI is InChI=1S/C6H13BrO4/c1-2-11-6(9,10)3-5(8)4-7/h5,8-10H,2-4H2,1H3/t5-/m0/s1. The van der Waals surface area contributed by atoms with Crippen molar-refractivity contribution >= 4 is 15.9 Å². The highest BCUT2D eigenvalue weighted by Crippen LogP contribution is 2.11. The predicted octanol–water partition coefficient (Wildman–Crippen LogP) is -0.193. The minimum Gasteiger partial charge on any atom is -0.392 e. The molecule has 0 amide bonds. The summed E-state index contributed by atoms with van der Waals surface area (Å²) in [4.78, 5) is 0. The maximum Gasteiger partial charge on any atom is 0.280 e. The first-order valence-electron chi connectivity index (χ1n) is 3.34. The Morgan fingerprint density at radius 2 is 2.09 bits per heavy atom. The van der Waals surface area contributed by atoms with Crippen molar-refractivity contribution in [2.24, 2.45) is 0 Å². The fraction of sp³-hybridized carbons (Fsp3) is 1.00. The normalized spacial score (nSPS) is 15.0. The molecular formula is C6H13BrO4. The Balaban J connectivity index is 3.70. The van der Waals surface area contributed by atoms with Crippen LogP contribution in [0.4, 0.5) is 0 Å².